The van der Waals surface area contributed by atoms with Crippen LogP contribution in [0.2, 0.25) is 18.1 Å². The van der Waals surface area contributed by atoms with Crippen LogP contribution in [0.4, 0.5) is 4.79 Å². The van der Waals surface area contributed by atoms with E-state index in [1.807, 2.05) is 20.8 Å². The van der Waals surface area contributed by atoms with Crippen molar-refractivity contribution in [2.24, 2.45) is 5.92 Å². The lowest BCUT2D eigenvalue weighted by atomic mass is 9.78. The zero-order chi connectivity index (χ0) is 21.3. The van der Waals surface area contributed by atoms with Crippen molar-refractivity contribution < 1.29 is 14.0 Å². The van der Waals surface area contributed by atoms with Crippen molar-refractivity contribution in [3.8, 4) is 0 Å². The van der Waals surface area contributed by atoms with Gasteiger partial charge in [-0.05, 0) is 64.6 Å². The summed E-state index contributed by atoms with van der Waals surface area (Å²) >= 11 is 1.66. The number of carbonyl (C=O) groups excluding carboxylic acids is 1. The highest BCUT2D eigenvalue weighted by molar-refractivity contribution is 7.11. The largest absolute Gasteiger partial charge is 0.444 e. The number of alkyl carbamates (subject to hydrolysis) is 1. The molecule has 1 fully saturated rings. The van der Waals surface area contributed by atoms with Crippen LogP contribution < -0.4 is 5.32 Å². The van der Waals surface area contributed by atoms with Gasteiger partial charge in [0.15, 0.2) is 8.32 Å². The fraction of sp³-hybridized carbons (Fsp3) is 0.850. The molecule has 0 aromatic carbocycles. The average molecular weight is 428 g/mol. The topological polar surface area (TPSA) is 73.3 Å². The third-order valence-electron chi connectivity index (χ3n) is 5.53. The van der Waals surface area contributed by atoms with Crippen molar-refractivity contribution >= 4 is 25.7 Å². The van der Waals surface area contributed by atoms with E-state index >= 15 is 0 Å². The summed E-state index contributed by atoms with van der Waals surface area (Å²) in [5.41, 5.74) is -0.459. The highest BCUT2D eigenvalue weighted by atomic mass is 32.1. The summed E-state index contributed by atoms with van der Waals surface area (Å²) in [5, 5.41) is 13.9. The van der Waals surface area contributed by atoms with Gasteiger partial charge in [-0.3, -0.25) is 0 Å². The molecule has 0 unspecified atom stereocenters. The van der Waals surface area contributed by atoms with Gasteiger partial charge >= 0.3 is 6.09 Å². The zero-order valence-corrected chi connectivity index (χ0v) is 20.7. The van der Waals surface area contributed by atoms with Crippen molar-refractivity contribution in [3.05, 3.63) is 10.0 Å². The van der Waals surface area contributed by atoms with E-state index in [2.05, 4.69) is 56.3 Å². The molecular formula is C20H37N3O3SSi. The van der Waals surface area contributed by atoms with E-state index in [1.165, 1.54) is 0 Å². The quantitative estimate of drug-likeness (QED) is 0.610. The minimum absolute atomic E-state index is 0.0184. The lowest BCUT2D eigenvalue weighted by molar-refractivity contribution is 0.0452. The molecule has 0 spiro atoms. The summed E-state index contributed by atoms with van der Waals surface area (Å²) in [6, 6.07) is 0.202. The van der Waals surface area contributed by atoms with E-state index in [-0.39, 0.29) is 23.3 Å². The van der Waals surface area contributed by atoms with Gasteiger partial charge in [-0.25, -0.2) is 4.79 Å². The zero-order valence-electron chi connectivity index (χ0n) is 18.9. The SMILES string of the molecule is C[C@H](O[Si](C)(C)C(C)(C)C)c1nnc(CC2CC(NC(=O)OC(C)(C)C)C2)s1. The van der Waals surface area contributed by atoms with Crippen LogP contribution in [0.1, 0.15) is 77.4 Å². The van der Waals surface area contributed by atoms with E-state index in [9.17, 15) is 4.79 Å². The van der Waals surface area contributed by atoms with Crippen LogP contribution in [-0.2, 0) is 15.6 Å². The lowest BCUT2D eigenvalue weighted by Gasteiger charge is -2.37. The predicted molar refractivity (Wildman–Crippen MR) is 116 cm³/mol. The standard InChI is InChI=1S/C20H37N3O3SSi/c1-13(26-28(8,9)20(5,6)7)17-23-22-16(27-17)12-14-10-15(11-14)21-18(24)25-19(2,3)4/h13-15H,10-12H2,1-9H3,(H,21,24)/t13-,14?,15?/m0/s1. The Bertz CT molecular complexity index is 673. The predicted octanol–water partition coefficient (Wildman–Crippen LogP) is 5.47. The summed E-state index contributed by atoms with van der Waals surface area (Å²) in [4.78, 5) is 11.8. The van der Waals surface area contributed by atoms with E-state index in [0.717, 1.165) is 29.3 Å². The van der Waals surface area contributed by atoms with Crippen LogP contribution in [-0.4, -0.2) is 36.3 Å². The second kappa shape index (κ2) is 8.40. The molecular weight excluding hydrogens is 390 g/mol. The van der Waals surface area contributed by atoms with Crippen molar-refractivity contribution in [1.82, 2.24) is 15.5 Å². The van der Waals surface area contributed by atoms with Crippen molar-refractivity contribution in [2.75, 3.05) is 0 Å². The number of hydrogen-bond acceptors (Lipinski definition) is 6. The first-order valence-corrected chi connectivity index (χ1v) is 13.9. The Kier molecular flexibility index (Phi) is 6.98. The van der Waals surface area contributed by atoms with Crippen LogP contribution in [0.5, 0.6) is 0 Å². The van der Waals surface area contributed by atoms with Crippen molar-refractivity contribution in [1.29, 1.82) is 0 Å². The molecule has 8 heteroatoms. The minimum atomic E-state index is -1.82. The number of rotatable bonds is 6. The second-order valence-electron chi connectivity index (χ2n) is 10.4. The molecule has 1 amide bonds. The molecule has 2 rings (SSSR count). The summed E-state index contributed by atoms with van der Waals surface area (Å²) in [6.45, 7) is 19.0. The fourth-order valence-corrected chi connectivity index (χ4v) is 5.30. The van der Waals surface area contributed by atoms with Gasteiger partial charge in [0.1, 0.15) is 15.6 Å². The first kappa shape index (κ1) is 23.3. The summed E-state index contributed by atoms with van der Waals surface area (Å²) in [6.07, 6.45) is 2.49. The van der Waals surface area contributed by atoms with Crippen LogP contribution in [0.25, 0.3) is 0 Å². The Hall–Kier alpha value is -0.993. The third kappa shape index (κ3) is 6.52. The Morgan fingerprint density at radius 3 is 2.36 bits per heavy atom. The molecule has 160 valence electrons. The Morgan fingerprint density at radius 1 is 1.21 bits per heavy atom. The maximum atomic E-state index is 11.8. The lowest BCUT2D eigenvalue weighted by Crippen LogP contribution is -2.46. The number of amides is 1. The molecule has 0 bridgehead atoms. The highest BCUT2D eigenvalue weighted by Gasteiger charge is 2.39. The number of carbonyl (C=O) groups is 1. The van der Waals surface area contributed by atoms with Crippen LogP contribution >= 0.6 is 11.3 Å². The van der Waals surface area contributed by atoms with Crippen molar-refractivity contribution in [3.63, 3.8) is 0 Å². The van der Waals surface area contributed by atoms with E-state index < -0.39 is 13.9 Å². The molecule has 0 aliphatic heterocycles. The number of aromatic nitrogens is 2. The fourth-order valence-electron chi connectivity index (χ4n) is 2.92. The maximum absolute atomic E-state index is 11.8. The second-order valence-corrected chi connectivity index (χ2v) is 16.3. The first-order valence-electron chi connectivity index (χ1n) is 10.2. The Balaban J connectivity index is 1.79. The molecule has 0 radical (unpaired) electrons. The van der Waals surface area contributed by atoms with E-state index in [0.29, 0.717) is 5.92 Å². The average Bonchev–Trinajstić information content (AvgIpc) is 2.90. The molecule has 1 atom stereocenters. The Morgan fingerprint density at radius 2 is 1.82 bits per heavy atom. The molecule has 1 saturated carbocycles. The van der Waals surface area contributed by atoms with Gasteiger partial charge in [-0.2, -0.15) is 0 Å². The first-order chi connectivity index (χ1) is 12.7. The van der Waals surface area contributed by atoms with Crippen LogP contribution in [0.15, 0.2) is 0 Å². The molecule has 1 aliphatic rings. The Labute approximate surface area is 174 Å². The summed E-state index contributed by atoms with van der Waals surface area (Å²) in [5.74, 6) is 0.539. The number of hydrogen-bond donors (Lipinski definition) is 1. The number of ether oxygens (including phenoxy) is 1. The molecule has 1 heterocycles. The number of nitrogens with zero attached hydrogens (tertiary/aromatic N) is 2. The van der Waals surface area contributed by atoms with Crippen LogP contribution in [0.3, 0.4) is 0 Å². The molecule has 1 aromatic rings. The highest BCUT2D eigenvalue weighted by Crippen LogP contribution is 2.40. The minimum Gasteiger partial charge on any atom is -0.444 e. The molecule has 1 aromatic heterocycles. The van der Waals surface area contributed by atoms with Gasteiger partial charge in [0, 0.05) is 12.5 Å². The van der Waals surface area contributed by atoms with Crippen molar-refractivity contribution in [2.45, 2.75) is 104 Å². The monoisotopic (exact) mass is 427 g/mol. The third-order valence-corrected chi connectivity index (χ3v) is 11.2. The molecule has 6 nitrogen and oxygen atoms in total. The van der Waals surface area contributed by atoms with Gasteiger partial charge in [-0.15, -0.1) is 10.2 Å². The number of nitrogens with one attached hydrogen (secondary N) is 1. The van der Waals surface area contributed by atoms with E-state index in [1.54, 1.807) is 11.3 Å². The maximum Gasteiger partial charge on any atom is 0.407 e. The molecule has 0 saturated heterocycles. The smallest absolute Gasteiger partial charge is 0.407 e. The summed E-state index contributed by atoms with van der Waals surface area (Å²) in [7, 11) is -1.82. The van der Waals surface area contributed by atoms with Gasteiger partial charge in [0.05, 0.1) is 6.10 Å². The van der Waals surface area contributed by atoms with E-state index in [4.69, 9.17) is 9.16 Å². The van der Waals surface area contributed by atoms with Gasteiger partial charge in [0.2, 0.25) is 0 Å². The molecule has 1 aliphatic carbocycles. The van der Waals surface area contributed by atoms with Gasteiger partial charge in [-0.1, -0.05) is 32.1 Å². The summed E-state index contributed by atoms with van der Waals surface area (Å²) < 4.78 is 11.7. The van der Waals surface area contributed by atoms with Gasteiger partial charge < -0.3 is 14.5 Å². The molecule has 1 N–H and O–H groups in total. The van der Waals surface area contributed by atoms with Crippen LogP contribution in [0, 0.1) is 5.92 Å². The molecule has 28 heavy (non-hydrogen) atoms. The normalized spacial score (nSPS) is 21.8. The van der Waals surface area contributed by atoms with Gasteiger partial charge in [0.25, 0.3) is 0 Å².